The first-order valence-electron chi connectivity index (χ1n) is 4.02. The Bertz CT molecular complexity index is 517. The highest BCUT2D eigenvalue weighted by molar-refractivity contribution is 7.89. The van der Waals surface area contributed by atoms with E-state index in [1.54, 1.807) is 0 Å². The molecule has 0 fully saturated rings. The molecule has 1 rings (SSSR count). The molecule has 80 valence electrons. The largest absolute Gasteiger partial charge is 0.242 e. The van der Waals surface area contributed by atoms with E-state index in [2.05, 4.69) is 0 Å². The molecule has 4 nitrogen and oxygen atoms in total. The summed E-state index contributed by atoms with van der Waals surface area (Å²) in [7, 11) is -0.621. The van der Waals surface area contributed by atoms with Crippen molar-refractivity contribution in [3.63, 3.8) is 0 Å². The second kappa shape index (κ2) is 4.19. The summed E-state index contributed by atoms with van der Waals surface area (Å²) in [6.45, 7) is 0. The Morgan fingerprint density at radius 2 is 2.00 bits per heavy atom. The van der Waals surface area contributed by atoms with E-state index in [0.717, 1.165) is 4.31 Å². The highest BCUT2D eigenvalue weighted by Gasteiger charge is 2.18. The molecule has 0 atom stereocenters. The minimum absolute atomic E-state index is 0.0801. The zero-order valence-corrected chi connectivity index (χ0v) is 9.80. The van der Waals surface area contributed by atoms with Gasteiger partial charge in [-0.2, -0.15) is 5.26 Å². The van der Waals surface area contributed by atoms with Crippen molar-refractivity contribution < 1.29 is 8.42 Å². The fraction of sp³-hybridized carbons (Fsp3) is 0.222. The van der Waals surface area contributed by atoms with Gasteiger partial charge in [-0.15, -0.1) is 0 Å². The maximum Gasteiger partial charge on any atom is 0.242 e. The number of nitriles is 1. The van der Waals surface area contributed by atoms with Crippen LogP contribution in [0.2, 0.25) is 5.02 Å². The Labute approximate surface area is 93.7 Å². The zero-order valence-electron chi connectivity index (χ0n) is 8.23. The Balaban J connectivity index is 3.33. The molecule has 0 saturated carbocycles. The zero-order chi connectivity index (χ0) is 11.6. The van der Waals surface area contributed by atoms with Crippen molar-refractivity contribution in [1.82, 2.24) is 4.31 Å². The van der Waals surface area contributed by atoms with Gasteiger partial charge in [0.15, 0.2) is 0 Å². The number of benzene rings is 1. The summed E-state index contributed by atoms with van der Waals surface area (Å²) in [6.07, 6.45) is 0. The quantitative estimate of drug-likeness (QED) is 0.791. The summed E-state index contributed by atoms with van der Waals surface area (Å²) in [5.41, 5.74) is 0.259. The highest BCUT2D eigenvalue weighted by Crippen LogP contribution is 2.21. The van der Waals surface area contributed by atoms with E-state index in [4.69, 9.17) is 16.9 Å². The van der Waals surface area contributed by atoms with Crippen LogP contribution in [0.3, 0.4) is 0 Å². The Morgan fingerprint density at radius 3 is 2.40 bits per heavy atom. The lowest BCUT2D eigenvalue weighted by atomic mass is 10.2. The van der Waals surface area contributed by atoms with Crippen molar-refractivity contribution >= 4 is 21.6 Å². The maximum atomic E-state index is 11.7. The molecule has 0 unspecified atom stereocenters. The number of halogens is 1. The van der Waals surface area contributed by atoms with Gasteiger partial charge in [0.25, 0.3) is 0 Å². The lowest BCUT2D eigenvalue weighted by Gasteiger charge is -2.11. The number of rotatable bonds is 2. The molecule has 0 bridgehead atoms. The standard InChI is InChI=1S/C9H9ClN2O2S/c1-12(2)15(13,14)8-4-3-7(6-11)9(10)5-8/h3-5H,1-2H3. The first-order valence-corrected chi connectivity index (χ1v) is 5.83. The van der Waals surface area contributed by atoms with E-state index >= 15 is 0 Å². The summed E-state index contributed by atoms with van der Waals surface area (Å²) in [4.78, 5) is 0.0801. The van der Waals surface area contributed by atoms with Crippen molar-refractivity contribution in [2.75, 3.05) is 14.1 Å². The van der Waals surface area contributed by atoms with E-state index in [0.29, 0.717) is 0 Å². The SMILES string of the molecule is CN(C)S(=O)(=O)c1ccc(C#N)c(Cl)c1. The minimum Gasteiger partial charge on any atom is -0.207 e. The third kappa shape index (κ3) is 2.29. The van der Waals surface area contributed by atoms with Crippen LogP contribution >= 0.6 is 11.6 Å². The number of hydrogen-bond donors (Lipinski definition) is 0. The predicted molar refractivity (Wildman–Crippen MR) is 57.0 cm³/mol. The molecule has 0 saturated heterocycles. The summed E-state index contributed by atoms with van der Waals surface area (Å²) in [5.74, 6) is 0. The van der Waals surface area contributed by atoms with Crippen LogP contribution in [0.5, 0.6) is 0 Å². The van der Waals surface area contributed by atoms with E-state index in [1.807, 2.05) is 6.07 Å². The summed E-state index contributed by atoms with van der Waals surface area (Å²) in [5, 5.41) is 8.77. The van der Waals surface area contributed by atoms with Crippen molar-refractivity contribution in [3.8, 4) is 6.07 Å². The van der Waals surface area contributed by atoms with E-state index < -0.39 is 10.0 Å². The second-order valence-electron chi connectivity index (χ2n) is 3.04. The van der Waals surface area contributed by atoms with Crippen LogP contribution in [0.1, 0.15) is 5.56 Å². The van der Waals surface area contributed by atoms with E-state index in [1.165, 1.54) is 32.3 Å². The molecule has 1 aromatic carbocycles. The van der Waals surface area contributed by atoms with Gasteiger partial charge >= 0.3 is 0 Å². The number of hydrogen-bond acceptors (Lipinski definition) is 3. The first-order chi connectivity index (χ1) is 6.89. The number of nitrogens with zero attached hydrogens (tertiary/aromatic N) is 2. The van der Waals surface area contributed by atoms with Crippen LogP contribution in [0.25, 0.3) is 0 Å². The lowest BCUT2D eigenvalue weighted by Crippen LogP contribution is -2.22. The molecule has 0 spiro atoms. The van der Waals surface area contributed by atoms with Crippen LogP contribution in [-0.2, 0) is 10.0 Å². The van der Waals surface area contributed by atoms with Gasteiger partial charge in [0.2, 0.25) is 10.0 Å². The average Bonchev–Trinajstić information content (AvgIpc) is 2.17. The molecule has 0 aliphatic carbocycles. The van der Waals surface area contributed by atoms with Crippen molar-refractivity contribution in [2.45, 2.75) is 4.90 Å². The predicted octanol–water partition coefficient (Wildman–Crippen LogP) is 1.46. The molecule has 0 aromatic heterocycles. The number of sulfonamides is 1. The average molecular weight is 245 g/mol. The fourth-order valence-electron chi connectivity index (χ4n) is 0.958. The summed E-state index contributed by atoms with van der Waals surface area (Å²) >= 11 is 5.73. The molecule has 1 aromatic rings. The van der Waals surface area contributed by atoms with Gasteiger partial charge in [0.1, 0.15) is 6.07 Å². The Kier molecular flexibility index (Phi) is 3.35. The maximum absolute atomic E-state index is 11.7. The van der Waals surface area contributed by atoms with Crippen molar-refractivity contribution in [3.05, 3.63) is 28.8 Å². The lowest BCUT2D eigenvalue weighted by molar-refractivity contribution is 0.521. The molecule has 0 aliphatic heterocycles. The monoisotopic (exact) mass is 244 g/mol. The van der Waals surface area contributed by atoms with Gasteiger partial charge in [-0.25, -0.2) is 12.7 Å². The van der Waals surface area contributed by atoms with Crippen LogP contribution in [0.15, 0.2) is 23.1 Å². The third-order valence-corrected chi connectivity index (χ3v) is 3.96. The molecule has 0 radical (unpaired) electrons. The molecule has 6 heteroatoms. The van der Waals surface area contributed by atoms with E-state index in [-0.39, 0.29) is 15.5 Å². The van der Waals surface area contributed by atoms with Gasteiger partial charge in [0, 0.05) is 14.1 Å². The highest BCUT2D eigenvalue weighted by atomic mass is 35.5. The van der Waals surface area contributed by atoms with Crippen LogP contribution in [-0.4, -0.2) is 26.8 Å². The first kappa shape index (κ1) is 12.0. The molecule has 0 N–H and O–H groups in total. The van der Waals surface area contributed by atoms with Crippen LogP contribution in [0, 0.1) is 11.3 Å². The van der Waals surface area contributed by atoms with Gasteiger partial charge in [-0.05, 0) is 18.2 Å². The minimum atomic E-state index is -3.48. The van der Waals surface area contributed by atoms with Crippen LogP contribution in [0.4, 0.5) is 0 Å². The smallest absolute Gasteiger partial charge is 0.207 e. The van der Waals surface area contributed by atoms with Gasteiger partial charge in [0.05, 0.1) is 15.5 Å². The molecule has 15 heavy (non-hydrogen) atoms. The summed E-state index contributed by atoms with van der Waals surface area (Å²) < 4.78 is 24.4. The third-order valence-electron chi connectivity index (χ3n) is 1.84. The molecule has 0 aliphatic rings. The molecular formula is C9H9ClN2O2S. The molecular weight excluding hydrogens is 236 g/mol. The second-order valence-corrected chi connectivity index (χ2v) is 5.60. The molecule has 0 heterocycles. The normalized spacial score (nSPS) is 11.4. The van der Waals surface area contributed by atoms with Gasteiger partial charge < -0.3 is 0 Å². The Hall–Kier alpha value is -1.09. The van der Waals surface area contributed by atoms with Crippen LogP contribution < -0.4 is 0 Å². The van der Waals surface area contributed by atoms with Gasteiger partial charge in [-0.3, -0.25) is 0 Å². The summed E-state index contributed by atoms with van der Waals surface area (Å²) in [6, 6.07) is 5.88. The fourth-order valence-corrected chi connectivity index (χ4v) is 2.17. The van der Waals surface area contributed by atoms with Crippen molar-refractivity contribution in [1.29, 1.82) is 5.26 Å². The topological polar surface area (TPSA) is 61.2 Å². The van der Waals surface area contributed by atoms with Crippen molar-refractivity contribution in [2.24, 2.45) is 0 Å². The Morgan fingerprint density at radius 1 is 1.40 bits per heavy atom. The molecule has 0 amide bonds. The van der Waals surface area contributed by atoms with Gasteiger partial charge in [-0.1, -0.05) is 11.6 Å². The van der Waals surface area contributed by atoms with E-state index in [9.17, 15) is 8.42 Å².